The number of amides is 2. The van der Waals surface area contributed by atoms with E-state index in [1.54, 1.807) is 13.1 Å². The van der Waals surface area contributed by atoms with E-state index in [4.69, 9.17) is 20.4 Å². The number of rotatable bonds is 7. The Labute approximate surface area is 292 Å². The summed E-state index contributed by atoms with van der Waals surface area (Å²) in [5.74, 6) is 1.10. The molecule has 7 rings (SSSR count). The molecule has 11 heteroatoms. The SMILES string of the molecule is CC(=O)N(C)[C@H]1CCN(c2cccc(-c3ccc4nc(-c5cccnc5N)n(-c5ccc(C6(NC(=O)OC(C)(C)C)CCC6)cc5)c4n3)c2)C1. The van der Waals surface area contributed by atoms with Crippen molar-refractivity contribution in [3.63, 3.8) is 0 Å². The molecule has 5 aromatic rings. The van der Waals surface area contributed by atoms with Crippen molar-refractivity contribution in [1.82, 2.24) is 29.7 Å². The van der Waals surface area contributed by atoms with Gasteiger partial charge in [0.15, 0.2) is 11.5 Å². The third-order valence-corrected chi connectivity index (χ3v) is 9.92. The lowest BCUT2D eigenvalue weighted by Crippen LogP contribution is -2.52. The Morgan fingerprint density at radius 2 is 1.78 bits per heavy atom. The first-order valence-corrected chi connectivity index (χ1v) is 17.2. The van der Waals surface area contributed by atoms with E-state index in [-0.39, 0.29) is 11.9 Å². The lowest BCUT2D eigenvalue weighted by molar-refractivity contribution is -0.129. The van der Waals surface area contributed by atoms with Crippen LogP contribution >= 0.6 is 0 Å². The molecule has 0 unspecified atom stereocenters. The van der Waals surface area contributed by atoms with Crippen molar-refractivity contribution >= 4 is 34.7 Å². The van der Waals surface area contributed by atoms with Crippen molar-refractivity contribution in [2.75, 3.05) is 30.8 Å². The van der Waals surface area contributed by atoms with Crippen molar-refractivity contribution in [3.8, 4) is 28.3 Å². The van der Waals surface area contributed by atoms with Gasteiger partial charge in [0.1, 0.15) is 16.9 Å². The number of benzene rings is 2. The molecule has 2 fully saturated rings. The molecule has 0 radical (unpaired) electrons. The summed E-state index contributed by atoms with van der Waals surface area (Å²) in [5.41, 5.74) is 12.2. The number of alkyl carbamates (subject to hydrolysis) is 1. The smallest absolute Gasteiger partial charge is 0.408 e. The minimum atomic E-state index is -0.580. The second-order valence-electron chi connectivity index (χ2n) is 14.4. The van der Waals surface area contributed by atoms with Gasteiger partial charge in [0.2, 0.25) is 5.91 Å². The Morgan fingerprint density at radius 3 is 2.46 bits per heavy atom. The molecule has 0 spiro atoms. The summed E-state index contributed by atoms with van der Waals surface area (Å²) in [4.78, 5) is 43.5. The number of nitrogens with two attached hydrogens (primary N) is 1. The van der Waals surface area contributed by atoms with Crippen molar-refractivity contribution in [3.05, 3.63) is 84.6 Å². The number of fused-ring (bicyclic) bond motifs is 1. The number of anilines is 2. The standard InChI is InChI=1S/C39H44N8O3/c1-25(48)45(5)30-18-22-46(24-30)29-10-6-9-26(23-29)32-16-17-33-36(42-32)47(35(43-33)31-11-7-21-41-34(31)40)28-14-12-27(13-15-28)39(19-8-20-39)44-37(49)50-38(2,3)4/h6-7,9-17,21,23,30H,8,18-20,22,24H2,1-5H3,(H2,40,41)(H,44,49)/t30-/m0/s1. The van der Waals surface area contributed by atoms with Crippen LogP contribution < -0.4 is 16.0 Å². The summed E-state index contributed by atoms with van der Waals surface area (Å²) in [6, 6.07) is 24.6. The maximum absolute atomic E-state index is 12.8. The number of nitrogen functional groups attached to an aromatic ring is 1. The molecule has 4 heterocycles. The Hall–Kier alpha value is -5.45. The zero-order chi connectivity index (χ0) is 35.2. The zero-order valence-electron chi connectivity index (χ0n) is 29.3. The van der Waals surface area contributed by atoms with Gasteiger partial charge in [-0.3, -0.25) is 9.36 Å². The van der Waals surface area contributed by atoms with Crippen molar-refractivity contribution in [2.24, 2.45) is 0 Å². The molecule has 50 heavy (non-hydrogen) atoms. The molecule has 11 nitrogen and oxygen atoms in total. The summed E-state index contributed by atoms with van der Waals surface area (Å²) in [6.07, 6.45) is 4.89. The number of nitrogens with zero attached hydrogens (tertiary/aromatic N) is 6. The lowest BCUT2D eigenvalue weighted by Gasteiger charge is -2.43. The highest BCUT2D eigenvalue weighted by Gasteiger charge is 2.41. The van der Waals surface area contributed by atoms with Gasteiger partial charge in [-0.15, -0.1) is 0 Å². The Kier molecular flexibility index (Phi) is 8.45. The molecule has 258 valence electrons. The summed E-state index contributed by atoms with van der Waals surface area (Å²) in [5, 5.41) is 3.16. The summed E-state index contributed by atoms with van der Waals surface area (Å²) < 4.78 is 7.62. The molecule has 2 amide bonds. The highest BCUT2D eigenvalue weighted by molar-refractivity contribution is 5.85. The predicted octanol–water partition coefficient (Wildman–Crippen LogP) is 6.69. The number of ether oxygens (including phenoxy) is 1. The predicted molar refractivity (Wildman–Crippen MR) is 196 cm³/mol. The van der Waals surface area contributed by atoms with Gasteiger partial charge in [0.25, 0.3) is 0 Å². The van der Waals surface area contributed by atoms with E-state index in [0.29, 0.717) is 22.9 Å². The molecular formula is C39H44N8O3. The minimum Gasteiger partial charge on any atom is -0.444 e. The van der Waals surface area contributed by atoms with E-state index in [0.717, 1.165) is 72.5 Å². The van der Waals surface area contributed by atoms with E-state index in [9.17, 15) is 9.59 Å². The number of aromatic nitrogens is 4. The first-order chi connectivity index (χ1) is 23.9. The van der Waals surface area contributed by atoms with Gasteiger partial charge < -0.3 is 25.6 Å². The van der Waals surface area contributed by atoms with Crippen LogP contribution in [0.4, 0.5) is 16.3 Å². The molecule has 0 bridgehead atoms. The summed E-state index contributed by atoms with van der Waals surface area (Å²) >= 11 is 0. The van der Waals surface area contributed by atoms with Crippen LogP contribution in [0.2, 0.25) is 0 Å². The second-order valence-corrected chi connectivity index (χ2v) is 14.4. The molecule has 1 saturated heterocycles. The van der Waals surface area contributed by atoms with Gasteiger partial charge in [0.05, 0.1) is 22.8 Å². The molecule has 3 N–H and O–H groups in total. The van der Waals surface area contributed by atoms with Crippen LogP contribution in [0.5, 0.6) is 0 Å². The van der Waals surface area contributed by atoms with Gasteiger partial charge in [-0.25, -0.2) is 19.7 Å². The van der Waals surface area contributed by atoms with Crippen LogP contribution in [0.25, 0.3) is 39.5 Å². The van der Waals surface area contributed by atoms with E-state index >= 15 is 0 Å². The fourth-order valence-corrected chi connectivity index (χ4v) is 7.01. The van der Waals surface area contributed by atoms with E-state index in [1.165, 1.54) is 0 Å². The van der Waals surface area contributed by atoms with E-state index in [2.05, 4.69) is 51.6 Å². The van der Waals surface area contributed by atoms with Gasteiger partial charge in [-0.1, -0.05) is 24.3 Å². The maximum atomic E-state index is 12.8. The van der Waals surface area contributed by atoms with Crippen LogP contribution in [0.3, 0.4) is 0 Å². The highest BCUT2D eigenvalue weighted by atomic mass is 16.6. The topological polar surface area (TPSA) is 132 Å². The number of carbonyl (C=O) groups excluding carboxylic acids is 2. The number of hydrogen-bond donors (Lipinski definition) is 2. The van der Waals surface area contributed by atoms with E-state index in [1.807, 2.05) is 73.7 Å². The summed E-state index contributed by atoms with van der Waals surface area (Å²) in [7, 11) is 1.88. The molecule has 1 saturated carbocycles. The first-order valence-electron chi connectivity index (χ1n) is 17.2. The number of nitrogens with one attached hydrogen (secondary N) is 1. The molecule has 1 aliphatic carbocycles. The van der Waals surface area contributed by atoms with Gasteiger partial charge in [-0.05, 0) is 101 Å². The fourth-order valence-electron chi connectivity index (χ4n) is 7.01. The molecular weight excluding hydrogens is 628 g/mol. The van der Waals surface area contributed by atoms with Crippen LogP contribution in [-0.4, -0.2) is 68.2 Å². The molecule has 1 atom stereocenters. The number of imidazole rings is 1. The minimum absolute atomic E-state index is 0.0850. The number of carbonyl (C=O) groups is 2. The van der Waals surface area contributed by atoms with Crippen LogP contribution in [-0.2, 0) is 15.1 Å². The average Bonchev–Trinajstić information content (AvgIpc) is 3.71. The number of hydrogen-bond acceptors (Lipinski definition) is 8. The third kappa shape index (κ3) is 6.35. The van der Waals surface area contributed by atoms with Gasteiger partial charge >= 0.3 is 6.09 Å². The van der Waals surface area contributed by atoms with Gasteiger partial charge in [0, 0.05) is 50.2 Å². The highest BCUT2D eigenvalue weighted by Crippen LogP contribution is 2.42. The molecule has 3 aromatic heterocycles. The van der Waals surface area contributed by atoms with Crippen LogP contribution in [0, 0.1) is 0 Å². The lowest BCUT2D eigenvalue weighted by atomic mass is 9.72. The largest absolute Gasteiger partial charge is 0.444 e. The Balaban J connectivity index is 1.26. The molecule has 2 aliphatic rings. The zero-order valence-corrected chi connectivity index (χ0v) is 29.3. The van der Waals surface area contributed by atoms with Crippen LogP contribution in [0.15, 0.2) is 79.0 Å². The maximum Gasteiger partial charge on any atom is 0.408 e. The first kappa shape index (κ1) is 33.1. The molecule has 2 aromatic carbocycles. The Morgan fingerprint density at radius 1 is 1.00 bits per heavy atom. The Bertz CT molecular complexity index is 2060. The van der Waals surface area contributed by atoms with Gasteiger partial charge in [-0.2, -0.15) is 0 Å². The number of pyridine rings is 2. The fraction of sp³-hybridized carbons (Fsp3) is 0.359. The van der Waals surface area contributed by atoms with Crippen molar-refractivity contribution in [1.29, 1.82) is 0 Å². The van der Waals surface area contributed by atoms with E-state index < -0.39 is 17.2 Å². The third-order valence-electron chi connectivity index (χ3n) is 9.92. The quantitative estimate of drug-likeness (QED) is 0.196. The van der Waals surface area contributed by atoms with Crippen molar-refractivity contribution < 1.29 is 14.3 Å². The number of likely N-dealkylation sites (N-methyl/N-ethyl adjacent to an activating group) is 1. The van der Waals surface area contributed by atoms with Crippen LogP contribution in [0.1, 0.15) is 58.9 Å². The van der Waals surface area contributed by atoms with Crippen molar-refractivity contribution in [2.45, 2.75) is 70.6 Å². The summed E-state index contributed by atoms with van der Waals surface area (Å²) in [6.45, 7) is 8.89. The second kappa shape index (κ2) is 12.8. The molecule has 1 aliphatic heterocycles. The average molecular weight is 673 g/mol. The monoisotopic (exact) mass is 672 g/mol. The normalized spacial score (nSPS) is 17.0.